The van der Waals surface area contributed by atoms with Crippen LogP contribution in [0.2, 0.25) is 0 Å². The van der Waals surface area contributed by atoms with Crippen molar-refractivity contribution in [2.24, 2.45) is 11.5 Å². The van der Waals surface area contributed by atoms with Crippen LogP contribution in [0.25, 0.3) is 0 Å². The minimum absolute atomic E-state index is 0.198. The lowest BCUT2D eigenvalue weighted by Gasteiger charge is -2.14. The lowest BCUT2D eigenvalue weighted by Crippen LogP contribution is -2.21. The summed E-state index contributed by atoms with van der Waals surface area (Å²) in [6.07, 6.45) is 0. The third-order valence-electron chi connectivity index (χ3n) is 2.19. The molecule has 0 heterocycles. The summed E-state index contributed by atoms with van der Waals surface area (Å²) < 4.78 is 5.08. The van der Waals surface area contributed by atoms with Crippen LogP contribution in [0.4, 0.5) is 0 Å². The Morgan fingerprint density at radius 2 is 2.14 bits per heavy atom. The van der Waals surface area contributed by atoms with E-state index in [0.717, 1.165) is 5.56 Å². The quantitative estimate of drug-likeness (QED) is 0.663. The van der Waals surface area contributed by atoms with Crippen molar-refractivity contribution in [3.05, 3.63) is 23.3 Å². The second-order valence-corrected chi connectivity index (χ2v) is 3.22. The van der Waals surface area contributed by atoms with Crippen LogP contribution in [0, 0.1) is 6.92 Å². The summed E-state index contributed by atoms with van der Waals surface area (Å²) in [6.45, 7) is 2.09. The first kappa shape index (κ1) is 10.8. The third-order valence-corrected chi connectivity index (χ3v) is 2.19. The topological polar surface area (TPSA) is 81.5 Å². The van der Waals surface area contributed by atoms with Crippen molar-refractivity contribution in [1.82, 2.24) is 0 Å². The second-order valence-electron chi connectivity index (χ2n) is 3.22. The Labute approximate surface area is 83.5 Å². The molecule has 5 N–H and O–H groups in total. The number of phenolic OH excluding ortho intramolecular Hbond substituents is 1. The van der Waals surface area contributed by atoms with E-state index < -0.39 is 0 Å². The first-order valence-electron chi connectivity index (χ1n) is 4.43. The zero-order chi connectivity index (χ0) is 10.7. The molecule has 0 radical (unpaired) electrons. The van der Waals surface area contributed by atoms with Crippen LogP contribution in [-0.2, 0) is 0 Å². The summed E-state index contributed by atoms with van der Waals surface area (Å²) >= 11 is 0. The fourth-order valence-electron chi connectivity index (χ4n) is 1.30. The van der Waals surface area contributed by atoms with Gasteiger partial charge in [0, 0.05) is 18.2 Å². The number of nitrogens with two attached hydrogens (primary N) is 2. The van der Waals surface area contributed by atoms with Gasteiger partial charge in [-0.25, -0.2) is 0 Å². The molecular weight excluding hydrogens is 180 g/mol. The molecule has 0 saturated carbocycles. The van der Waals surface area contributed by atoms with Gasteiger partial charge in [-0.2, -0.15) is 0 Å². The normalized spacial score (nSPS) is 12.6. The highest BCUT2D eigenvalue weighted by Crippen LogP contribution is 2.30. The average molecular weight is 196 g/mol. The summed E-state index contributed by atoms with van der Waals surface area (Å²) in [6, 6.07) is 3.10. The molecule has 0 unspecified atom stereocenters. The summed E-state index contributed by atoms with van der Waals surface area (Å²) in [7, 11) is 1.57. The predicted octanol–water partition coefficient (Wildman–Crippen LogP) is 0.668. The van der Waals surface area contributed by atoms with Gasteiger partial charge in [0.25, 0.3) is 0 Å². The molecule has 0 fully saturated rings. The van der Waals surface area contributed by atoms with E-state index in [1.165, 1.54) is 0 Å². The predicted molar refractivity (Wildman–Crippen MR) is 55.4 cm³/mol. The maximum atomic E-state index is 9.73. The lowest BCUT2D eigenvalue weighted by molar-refractivity contribution is 0.408. The highest BCUT2D eigenvalue weighted by Gasteiger charge is 2.12. The lowest BCUT2D eigenvalue weighted by atomic mass is 10.0. The number of hydrogen-bond acceptors (Lipinski definition) is 4. The molecule has 14 heavy (non-hydrogen) atoms. The number of phenols is 1. The highest BCUT2D eigenvalue weighted by atomic mass is 16.5. The molecule has 0 bridgehead atoms. The van der Waals surface area contributed by atoms with E-state index in [-0.39, 0.29) is 11.8 Å². The molecule has 0 saturated heterocycles. The SMILES string of the molecule is COc1cc(C)c(O)c([C@@H](N)CN)c1. The van der Waals surface area contributed by atoms with Crippen molar-refractivity contribution in [2.75, 3.05) is 13.7 Å². The summed E-state index contributed by atoms with van der Waals surface area (Å²) in [5.41, 5.74) is 12.6. The molecule has 0 amide bonds. The minimum atomic E-state index is -0.358. The number of rotatable bonds is 3. The Morgan fingerprint density at radius 1 is 1.50 bits per heavy atom. The first-order chi connectivity index (χ1) is 6.60. The number of aryl methyl sites for hydroxylation is 1. The largest absolute Gasteiger partial charge is 0.507 e. The Hall–Kier alpha value is -1.26. The summed E-state index contributed by atoms with van der Waals surface area (Å²) in [4.78, 5) is 0. The molecule has 0 spiro atoms. The van der Waals surface area contributed by atoms with Gasteiger partial charge in [-0.1, -0.05) is 0 Å². The van der Waals surface area contributed by atoms with E-state index in [0.29, 0.717) is 17.9 Å². The number of methoxy groups -OCH3 is 1. The van der Waals surface area contributed by atoms with E-state index in [1.807, 2.05) is 0 Å². The number of hydrogen-bond donors (Lipinski definition) is 3. The highest BCUT2D eigenvalue weighted by molar-refractivity contribution is 5.47. The van der Waals surface area contributed by atoms with Crippen molar-refractivity contribution in [3.8, 4) is 11.5 Å². The number of aromatic hydroxyl groups is 1. The Morgan fingerprint density at radius 3 is 2.64 bits per heavy atom. The van der Waals surface area contributed by atoms with Crippen molar-refractivity contribution in [3.63, 3.8) is 0 Å². The van der Waals surface area contributed by atoms with Crippen LogP contribution in [0.1, 0.15) is 17.2 Å². The molecule has 1 atom stereocenters. The van der Waals surface area contributed by atoms with E-state index in [4.69, 9.17) is 16.2 Å². The van der Waals surface area contributed by atoms with Gasteiger partial charge in [-0.3, -0.25) is 0 Å². The van der Waals surface area contributed by atoms with Crippen LogP contribution < -0.4 is 16.2 Å². The third kappa shape index (κ3) is 1.97. The summed E-state index contributed by atoms with van der Waals surface area (Å²) in [5.74, 6) is 0.878. The van der Waals surface area contributed by atoms with Gasteiger partial charge in [0.1, 0.15) is 11.5 Å². The van der Waals surface area contributed by atoms with Gasteiger partial charge >= 0.3 is 0 Å². The van der Waals surface area contributed by atoms with Crippen molar-refractivity contribution >= 4 is 0 Å². The van der Waals surface area contributed by atoms with Crippen molar-refractivity contribution in [1.29, 1.82) is 0 Å². The second kappa shape index (κ2) is 4.30. The van der Waals surface area contributed by atoms with Crippen LogP contribution in [0.5, 0.6) is 11.5 Å². The van der Waals surface area contributed by atoms with Crippen molar-refractivity contribution in [2.45, 2.75) is 13.0 Å². The Balaban J connectivity index is 3.20. The van der Waals surface area contributed by atoms with Gasteiger partial charge < -0.3 is 21.3 Å². The molecule has 78 valence electrons. The van der Waals surface area contributed by atoms with Gasteiger partial charge in [0.05, 0.1) is 7.11 Å². The zero-order valence-corrected chi connectivity index (χ0v) is 8.45. The monoisotopic (exact) mass is 196 g/mol. The van der Waals surface area contributed by atoms with Gasteiger partial charge in [-0.05, 0) is 24.6 Å². The van der Waals surface area contributed by atoms with Crippen LogP contribution in [-0.4, -0.2) is 18.8 Å². The summed E-state index contributed by atoms with van der Waals surface area (Å²) in [5, 5.41) is 9.73. The molecule has 4 nitrogen and oxygen atoms in total. The Bertz CT molecular complexity index is 326. The smallest absolute Gasteiger partial charge is 0.123 e. The van der Waals surface area contributed by atoms with E-state index in [1.54, 1.807) is 26.2 Å². The van der Waals surface area contributed by atoms with Crippen molar-refractivity contribution < 1.29 is 9.84 Å². The standard InChI is InChI=1S/C10H16N2O2/c1-6-3-7(14-2)4-8(10(6)13)9(12)5-11/h3-4,9,13H,5,11-12H2,1-2H3/t9-/m0/s1. The van der Waals surface area contributed by atoms with Crippen LogP contribution in [0.3, 0.4) is 0 Å². The van der Waals surface area contributed by atoms with Crippen LogP contribution in [0.15, 0.2) is 12.1 Å². The molecule has 0 aliphatic heterocycles. The molecule has 0 aliphatic carbocycles. The molecule has 4 heteroatoms. The van der Waals surface area contributed by atoms with Gasteiger partial charge in [0.2, 0.25) is 0 Å². The van der Waals surface area contributed by atoms with Crippen LogP contribution >= 0.6 is 0 Å². The maximum Gasteiger partial charge on any atom is 0.123 e. The van der Waals surface area contributed by atoms with E-state index in [2.05, 4.69) is 0 Å². The Kier molecular flexibility index (Phi) is 3.33. The van der Waals surface area contributed by atoms with Gasteiger partial charge in [0.15, 0.2) is 0 Å². The molecule has 0 aliphatic rings. The molecule has 1 aromatic rings. The number of ether oxygens (including phenoxy) is 1. The number of benzene rings is 1. The molecule has 1 rings (SSSR count). The molecule has 0 aromatic heterocycles. The zero-order valence-electron chi connectivity index (χ0n) is 8.45. The maximum absolute atomic E-state index is 9.73. The fourth-order valence-corrected chi connectivity index (χ4v) is 1.30. The molecular formula is C10H16N2O2. The minimum Gasteiger partial charge on any atom is -0.507 e. The first-order valence-corrected chi connectivity index (χ1v) is 4.43. The van der Waals surface area contributed by atoms with Gasteiger partial charge in [-0.15, -0.1) is 0 Å². The average Bonchev–Trinajstić information content (AvgIpc) is 2.20. The van der Waals surface area contributed by atoms with E-state index in [9.17, 15) is 5.11 Å². The fraction of sp³-hybridized carbons (Fsp3) is 0.400. The van der Waals surface area contributed by atoms with E-state index >= 15 is 0 Å². The molecule has 1 aromatic carbocycles.